The minimum atomic E-state index is -0.123. The molecule has 0 spiro atoms. The van der Waals surface area contributed by atoms with E-state index in [0.717, 1.165) is 6.42 Å². The topological polar surface area (TPSA) is 64.9 Å². The summed E-state index contributed by atoms with van der Waals surface area (Å²) >= 11 is 0. The summed E-state index contributed by atoms with van der Waals surface area (Å²) in [6.45, 7) is 4.15. The molecule has 1 aromatic rings. The van der Waals surface area contributed by atoms with Crippen LogP contribution in [-0.2, 0) is 0 Å². The van der Waals surface area contributed by atoms with Crippen molar-refractivity contribution in [3.63, 3.8) is 0 Å². The fraction of sp³-hybridized carbons (Fsp3) is 0.714. The Morgan fingerprint density at radius 1 is 1.73 bits per heavy atom. The molecule has 62 valence electrons. The smallest absolute Gasteiger partial charge is 0.243 e. The first-order chi connectivity index (χ1) is 5.25. The molecule has 2 unspecified atom stereocenters. The number of nitrogens with two attached hydrogens (primary N) is 1. The average molecular weight is 155 g/mol. The van der Waals surface area contributed by atoms with Gasteiger partial charge in [-0.3, -0.25) is 0 Å². The van der Waals surface area contributed by atoms with Gasteiger partial charge in [0.1, 0.15) is 0 Å². The van der Waals surface area contributed by atoms with Crippen molar-refractivity contribution < 1.29 is 4.52 Å². The molecule has 1 aromatic heterocycles. The van der Waals surface area contributed by atoms with E-state index in [1.807, 2.05) is 0 Å². The van der Waals surface area contributed by atoms with Crippen LogP contribution in [0, 0.1) is 5.92 Å². The molecule has 0 saturated carbocycles. The van der Waals surface area contributed by atoms with Gasteiger partial charge in [0.15, 0.2) is 6.33 Å². The van der Waals surface area contributed by atoms with Crippen LogP contribution >= 0.6 is 0 Å². The summed E-state index contributed by atoms with van der Waals surface area (Å²) in [6, 6.07) is -0.123. The van der Waals surface area contributed by atoms with Crippen LogP contribution in [0.15, 0.2) is 10.9 Å². The molecule has 4 nitrogen and oxygen atoms in total. The van der Waals surface area contributed by atoms with Gasteiger partial charge in [0.25, 0.3) is 0 Å². The molecule has 0 radical (unpaired) electrons. The molecule has 1 rings (SSSR count). The van der Waals surface area contributed by atoms with Crippen molar-refractivity contribution in [1.29, 1.82) is 0 Å². The molecule has 2 N–H and O–H groups in total. The van der Waals surface area contributed by atoms with Gasteiger partial charge in [0.2, 0.25) is 5.89 Å². The van der Waals surface area contributed by atoms with E-state index in [1.54, 1.807) is 0 Å². The Morgan fingerprint density at radius 2 is 2.45 bits per heavy atom. The lowest BCUT2D eigenvalue weighted by molar-refractivity contribution is 0.312. The Bertz CT molecular complexity index is 197. The minimum absolute atomic E-state index is 0.123. The molecule has 2 atom stereocenters. The second-order valence-corrected chi connectivity index (χ2v) is 2.69. The first-order valence-electron chi connectivity index (χ1n) is 3.77. The van der Waals surface area contributed by atoms with Gasteiger partial charge in [-0.25, -0.2) is 0 Å². The zero-order valence-electron chi connectivity index (χ0n) is 6.82. The third kappa shape index (κ3) is 1.77. The highest BCUT2D eigenvalue weighted by atomic mass is 16.5. The van der Waals surface area contributed by atoms with E-state index < -0.39 is 0 Å². The van der Waals surface area contributed by atoms with E-state index in [-0.39, 0.29) is 6.04 Å². The summed E-state index contributed by atoms with van der Waals surface area (Å²) in [7, 11) is 0. The average Bonchev–Trinajstić information content (AvgIpc) is 2.53. The predicted octanol–water partition coefficient (Wildman–Crippen LogP) is 1.12. The largest absolute Gasteiger partial charge is 0.338 e. The normalized spacial score (nSPS) is 16.3. The molecular formula is C7H13N3O. The third-order valence-corrected chi connectivity index (χ3v) is 1.92. The summed E-state index contributed by atoms with van der Waals surface area (Å²) < 4.78 is 4.83. The van der Waals surface area contributed by atoms with Crippen molar-refractivity contribution >= 4 is 0 Å². The Labute approximate surface area is 65.8 Å². The van der Waals surface area contributed by atoms with E-state index in [4.69, 9.17) is 10.3 Å². The van der Waals surface area contributed by atoms with Crippen molar-refractivity contribution in [2.45, 2.75) is 26.3 Å². The Hall–Kier alpha value is -0.900. The van der Waals surface area contributed by atoms with Crippen LogP contribution in [0.2, 0.25) is 0 Å². The van der Waals surface area contributed by atoms with Gasteiger partial charge in [-0.2, -0.15) is 4.98 Å². The molecule has 0 aromatic carbocycles. The van der Waals surface area contributed by atoms with E-state index >= 15 is 0 Å². The quantitative estimate of drug-likeness (QED) is 0.710. The van der Waals surface area contributed by atoms with E-state index in [0.29, 0.717) is 11.8 Å². The molecule has 0 saturated heterocycles. The van der Waals surface area contributed by atoms with Gasteiger partial charge in [-0.05, 0) is 5.92 Å². The minimum Gasteiger partial charge on any atom is -0.338 e. The first-order valence-corrected chi connectivity index (χ1v) is 3.77. The van der Waals surface area contributed by atoms with Gasteiger partial charge in [0.05, 0.1) is 6.04 Å². The number of hydrogen-bond acceptors (Lipinski definition) is 4. The van der Waals surface area contributed by atoms with E-state index in [9.17, 15) is 0 Å². The summed E-state index contributed by atoms with van der Waals surface area (Å²) in [5.74, 6) is 0.912. The maximum Gasteiger partial charge on any atom is 0.243 e. The van der Waals surface area contributed by atoms with Crippen LogP contribution in [-0.4, -0.2) is 10.1 Å². The van der Waals surface area contributed by atoms with Crippen LogP contribution in [0.3, 0.4) is 0 Å². The van der Waals surface area contributed by atoms with Crippen molar-refractivity contribution in [2.24, 2.45) is 11.7 Å². The monoisotopic (exact) mass is 155 g/mol. The maximum absolute atomic E-state index is 5.80. The van der Waals surface area contributed by atoms with Crippen molar-refractivity contribution in [1.82, 2.24) is 10.1 Å². The van der Waals surface area contributed by atoms with Crippen LogP contribution in [0.1, 0.15) is 32.2 Å². The zero-order chi connectivity index (χ0) is 8.27. The highest BCUT2D eigenvalue weighted by Gasteiger charge is 2.17. The van der Waals surface area contributed by atoms with Gasteiger partial charge in [-0.1, -0.05) is 25.4 Å². The van der Waals surface area contributed by atoms with E-state index in [1.165, 1.54) is 6.33 Å². The van der Waals surface area contributed by atoms with Gasteiger partial charge in [-0.15, -0.1) is 0 Å². The zero-order valence-corrected chi connectivity index (χ0v) is 6.82. The number of aromatic nitrogens is 2. The van der Waals surface area contributed by atoms with Crippen LogP contribution in [0.5, 0.6) is 0 Å². The van der Waals surface area contributed by atoms with Crippen molar-refractivity contribution in [3.05, 3.63) is 12.2 Å². The molecule has 11 heavy (non-hydrogen) atoms. The Balaban J connectivity index is 2.62. The van der Waals surface area contributed by atoms with Gasteiger partial charge < -0.3 is 10.3 Å². The molecular weight excluding hydrogens is 142 g/mol. The van der Waals surface area contributed by atoms with Crippen LogP contribution < -0.4 is 5.73 Å². The molecule has 1 heterocycles. The molecule has 0 aliphatic rings. The van der Waals surface area contributed by atoms with Gasteiger partial charge in [0, 0.05) is 0 Å². The molecule has 4 heteroatoms. The maximum atomic E-state index is 5.80. The lowest BCUT2D eigenvalue weighted by Crippen LogP contribution is -2.18. The number of nitrogens with zero attached hydrogens (tertiary/aromatic N) is 2. The SMILES string of the molecule is CCC(C)C(N)c1ncno1. The first kappa shape index (κ1) is 8.20. The number of hydrogen-bond donors (Lipinski definition) is 1. The highest BCUT2D eigenvalue weighted by Crippen LogP contribution is 2.18. The standard InChI is InChI=1S/C7H13N3O/c1-3-5(2)6(8)7-9-4-10-11-7/h4-6H,3,8H2,1-2H3. The second kappa shape index (κ2) is 3.48. The predicted molar refractivity (Wildman–Crippen MR) is 40.7 cm³/mol. The lowest BCUT2D eigenvalue weighted by atomic mass is 10.0. The summed E-state index contributed by atoms with van der Waals surface area (Å²) in [4.78, 5) is 3.88. The number of rotatable bonds is 3. The van der Waals surface area contributed by atoms with Crippen molar-refractivity contribution in [3.8, 4) is 0 Å². The van der Waals surface area contributed by atoms with Crippen LogP contribution in [0.4, 0.5) is 0 Å². The second-order valence-electron chi connectivity index (χ2n) is 2.69. The molecule has 0 aliphatic carbocycles. The Kier molecular flexibility index (Phi) is 2.59. The summed E-state index contributed by atoms with van der Waals surface area (Å²) in [6.07, 6.45) is 2.39. The molecule has 0 amide bonds. The van der Waals surface area contributed by atoms with E-state index in [2.05, 4.69) is 24.0 Å². The third-order valence-electron chi connectivity index (χ3n) is 1.92. The fourth-order valence-electron chi connectivity index (χ4n) is 0.826. The van der Waals surface area contributed by atoms with Crippen LogP contribution in [0.25, 0.3) is 0 Å². The van der Waals surface area contributed by atoms with Crippen molar-refractivity contribution in [2.75, 3.05) is 0 Å². The fourth-order valence-corrected chi connectivity index (χ4v) is 0.826. The molecule has 0 aliphatic heterocycles. The summed E-state index contributed by atoms with van der Waals surface area (Å²) in [5, 5.41) is 3.49. The Morgan fingerprint density at radius 3 is 2.91 bits per heavy atom. The summed E-state index contributed by atoms with van der Waals surface area (Å²) in [5.41, 5.74) is 5.80. The molecule has 0 bridgehead atoms. The lowest BCUT2D eigenvalue weighted by Gasteiger charge is -2.12. The van der Waals surface area contributed by atoms with Gasteiger partial charge >= 0.3 is 0 Å². The highest BCUT2D eigenvalue weighted by molar-refractivity contribution is 4.87. The molecule has 0 fully saturated rings.